The Morgan fingerprint density at radius 3 is 2.78 bits per heavy atom. The van der Waals surface area contributed by atoms with E-state index in [1.165, 1.54) is 14.7 Å². The van der Waals surface area contributed by atoms with Crippen LogP contribution in [0.1, 0.15) is 23.6 Å². The first-order valence-corrected chi connectivity index (χ1v) is 7.18. The molecule has 1 heterocycles. The van der Waals surface area contributed by atoms with Crippen LogP contribution in [0, 0.1) is 3.57 Å². The van der Waals surface area contributed by atoms with E-state index in [2.05, 4.69) is 63.5 Å². The minimum Gasteiger partial charge on any atom is -0.313 e. The molecule has 96 valence electrons. The molecule has 0 aliphatic carbocycles. The second-order valence-electron chi connectivity index (χ2n) is 4.42. The number of hydrogen-bond donors (Lipinski definition) is 1. The van der Waals surface area contributed by atoms with Gasteiger partial charge >= 0.3 is 0 Å². The number of nitrogens with zero attached hydrogens (tertiary/aromatic N) is 2. The van der Waals surface area contributed by atoms with E-state index < -0.39 is 0 Å². The van der Waals surface area contributed by atoms with Crippen LogP contribution in [-0.2, 0) is 13.5 Å². The summed E-state index contributed by atoms with van der Waals surface area (Å²) in [7, 11) is 3.98. The van der Waals surface area contributed by atoms with Gasteiger partial charge < -0.3 is 5.32 Å². The smallest absolute Gasteiger partial charge is 0.0521 e. The molecule has 2 rings (SSSR count). The topological polar surface area (TPSA) is 29.9 Å². The molecule has 0 fully saturated rings. The van der Waals surface area contributed by atoms with Crippen LogP contribution < -0.4 is 5.32 Å². The second kappa shape index (κ2) is 6.33. The lowest BCUT2D eigenvalue weighted by Gasteiger charge is -2.17. The molecule has 1 aromatic carbocycles. The van der Waals surface area contributed by atoms with Crippen LogP contribution in [0.25, 0.3) is 0 Å². The Kier molecular flexibility index (Phi) is 4.77. The van der Waals surface area contributed by atoms with Crippen molar-refractivity contribution in [3.8, 4) is 0 Å². The number of aromatic nitrogens is 2. The van der Waals surface area contributed by atoms with Gasteiger partial charge in [-0.15, -0.1) is 0 Å². The summed E-state index contributed by atoms with van der Waals surface area (Å²) in [5.74, 6) is 0. The van der Waals surface area contributed by atoms with Gasteiger partial charge in [-0.2, -0.15) is 5.10 Å². The van der Waals surface area contributed by atoms with E-state index in [1.54, 1.807) is 0 Å². The third-order valence-corrected chi connectivity index (χ3v) is 4.09. The predicted molar refractivity (Wildman–Crippen MR) is 82.5 cm³/mol. The van der Waals surface area contributed by atoms with Crippen molar-refractivity contribution in [3.63, 3.8) is 0 Å². The van der Waals surface area contributed by atoms with Gasteiger partial charge in [0, 0.05) is 22.9 Å². The van der Waals surface area contributed by atoms with Gasteiger partial charge in [-0.25, -0.2) is 0 Å². The largest absolute Gasteiger partial charge is 0.313 e. The number of hydrogen-bond acceptors (Lipinski definition) is 2. The van der Waals surface area contributed by atoms with Crippen molar-refractivity contribution in [2.75, 3.05) is 7.05 Å². The van der Waals surface area contributed by atoms with E-state index in [9.17, 15) is 0 Å². The van der Waals surface area contributed by atoms with Gasteiger partial charge in [-0.3, -0.25) is 4.68 Å². The Morgan fingerprint density at radius 2 is 2.17 bits per heavy atom. The van der Waals surface area contributed by atoms with Crippen LogP contribution in [0.4, 0.5) is 0 Å². The number of nitrogens with one attached hydrogen (secondary N) is 1. The average Bonchev–Trinajstić information content (AvgIpc) is 2.78. The zero-order valence-electron chi connectivity index (χ0n) is 10.7. The summed E-state index contributed by atoms with van der Waals surface area (Å²) in [5, 5.41) is 7.61. The molecule has 0 aliphatic heterocycles. The van der Waals surface area contributed by atoms with Crippen LogP contribution in [0.15, 0.2) is 36.7 Å². The third-order valence-electron chi connectivity index (χ3n) is 3.11. The van der Waals surface area contributed by atoms with E-state index in [-0.39, 0.29) is 0 Å². The van der Waals surface area contributed by atoms with Gasteiger partial charge in [0.1, 0.15) is 0 Å². The summed E-state index contributed by atoms with van der Waals surface area (Å²) >= 11 is 2.40. The molecule has 0 saturated heterocycles. The lowest BCUT2D eigenvalue weighted by Crippen LogP contribution is -2.18. The highest BCUT2D eigenvalue weighted by molar-refractivity contribution is 14.1. The Bertz CT molecular complexity index is 507. The summed E-state index contributed by atoms with van der Waals surface area (Å²) < 4.78 is 3.18. The Hall–Kier alpha value is -0.880. The minimum atomic E-state index is 0.401. The molecule has 0 amide bonds. The monoisotopic (exact) mass is 355 g/mol. The molecule has 4 heteroatoms. The Balaban J connectivity index is 2.04. The molecule has 0 spiro atoms. The highest BCUT2D eigenvalue weighted by atomic mass is 127. The molecule has 0 aliphatic rings. The van der Waals surface area contributed by atoms with E-state index in [4.69, 9.17) is 0 Å². The molecular formula is C14H18IN3. The first kappa shape index (κ1) is 13.5. The van der Waals surface area contributed by atoms with Crippen LogP contribution >= 0.6 is 22.6 Å². The van der Waals surface area contributed by atoms with Crippen molar-refractivity contribution in [2.24, 2.45) is 7.05 Å². The third kappa shape index (κ3) is 3.32. The quantitative estimate of drug-likeness (QED) is 0.836. The Morgan fingerprint density at radius 1 is 1.39 bits per heavy atom. The lowest BCUT2D eigenvalue weighted by atomic mass is 10.0. The number of halogens is 1. The summed E-state index contributed by atoms with van der Waals surface area (Å²) in [6.07, 6.45) is 6.16. The van der Waals surface area contributed by atoms with Crippen LogP contribution in [0.5, 0.6) is 0 Å². The minimum absolute atomic E-state index is 0.401. The highest BCUT2D eigenvalue weighted by Gasteiger charge is 2.12. The zero-order chi connectivity index (χ0) is 13.0. The summed E-state index contributed by atoms with van der Waals surface area (Å²) in [4.78, 5) is 0. The Labute approximate surface area is 122 Å². The molecule has 18 heavy (non-hydrogen) atoms. The van der Waals surface area contributed by atoms with Gasteiger partial charge in [0.25, 0.3) is 0 Å². The van der Waals surface area contributed by atoms with Crippen molar-refractivity contribution in [2.45, 2.75) is 18.9 Å². The van der Waals surface area contributed by atoms with Crippen molar-refractivity contribution in [3.05, 3.63) is 51.4 Å². The molecule has 0 saturated carbocycles. The molecule has 0 radical (unpaired) electrons. The number of benzene rings is 1. The molecule has 0 bridgehead atoms. The predicted octanol–water partition coefficient (Wildman–Crippen LogP) is 2.92. The van der Waals surface area contributed by atoms with Crippen molar-refractivity contribution in [1.29, 1.82) is 0 Å². The molecule has 2 aromatic rings. The molecule has 1 atom stereocenters. The van der Waals surface area contributed by atoms with Crippen molar-refractivity contribution < 1.29 is 0 Å². The zero-order valence-corrected chi connectivity index (χ0v) is 12.9. The molecule has 1 unspecified atom stereocenters. The van der Waals surface area contributed by atoms with Crippen LogP contribution in [-0.4, -0.2) is 16.8 Å². The number of aryl methyl sites for hydroxylation is 2. The first-order valence-electron chi connectivity index (χ1n) is 6.10. The van der Waals surface area contributed by atoms with Gasteiger partial charge in [-0.05, 0) is 59.7 Å². The standard InChI is InChI=1S/C14H18IN3/c1-16-14(12-5-3-4-6-13(12)15)8-7-11-9-17-18(2)10-11/h3-6,9-10,14,16H,7-8H2,1-2H3. The van der Waals surface area contributed by atoms with Crippen LogP contribution in [0.3, 0.4) is 0 Å². The van der Waals surface area contributed by atoms with E-state index in [1.807, 2.05) is 25.0 Å². The fourth-order valence-corrected chi connectivity index (χ4v) is 2.89. The van der Waals surface area contributed by atoms with Crippen molar-refractivity contribution >= 4 is 22.6 Å². The van der Waals surface area contributed by atoms with Crippen molar-refractivity contribution in [1.82, 2.24) is 15.1 Å². The fourth-order valence-electron chi connectivity index (χ4n) is 2.13. The first-order chi connectivity index (χ1) is 8.70. The number of rotatable bonds is 5. The van der Waals surface area contributed by atoms with Gasteiger partial charge in [0.15, 0.2) is 0 Å². The van der Waals surface area contributed by atoms with Gasteiger partial charge in [-0.1, -0.05) is 18.2 Å². The molecule has 1 aromatic heterocycles. The normalized spacial score (nSPS) is 12.6. The molecule has 1 N–H and O–H groups in total. The fraction of sp³-hybridized carbons (Fsp3) is 0.357. The van der Waals surface area contributed by atoms with E-state index in [0.717, 1.165) is 12.8 Å². The maximum Gasteiger partial charge on any atom is 0.0521 e. The highest BCUT2D eigenvalue weighted by Crippen LogP contribution is 2.23. The SMILES string of the molecule is CNC(CCc1cnn(C)c1)c1ccccc1I. The maximum absolute atomic E-state index is 4.21. The summed E-state index contributed by atoms with van der Waals surface area (Å²) in [6, 6.07) is 8.94. The summed E-state index contributed by atoms with van der Waals surface area (Å²) in [6.45, 7) is 0. The van der Waals surface area contributed by atoms with E-state index in [0.29, 0.717) is 6.04 Å². The average molecular weight is 355 g/mol. The van der Waals surface area contributed by atoms with Gasteiger partial charge in [0.05, 0.1) is 6.20 Å². The second-order valence-corrected chi connectivity index (χ2v) is 5.59. The maximum atomic E-state index is 4.21. The lowest BCUT2D eigenvalue weighted by molar-refractivity contribution is 0.547. The molecule has 3 nitrogen and oxygen atoms in total. The molecular weight excluding hydrogens is 337 g/mol. The van der Waals surface area contributed by atoms with E-state index >= 15 is 0 Å². The van der Waals surface area contributed by atoms with Crippen LogP contribution in [0.2, 0.25) is 0 Å². The summed E-state index contributed by atoms with van der Waals surface area (Å²) in [5.41, 5.74) is 2.67. The van der Waals surface area contributed by atoms with Gasteiger partial charge in [0.2, 0.25) is 0 Å².